The largest absolute Gasteiger partial charge is 0.462 e. The van der Waals surface area contributed by atoms with Crippen molar-refractivity contribution in [3.63, 3.8) is 0 Å². The molecule has 0 saturated heterocycles. The molecule has 6 heteroatoms. The minimum atomic E-state index is -0.808. The van der Waals surface area contributed by atoms with Gasteiger partial charge in [0.05, 0.1) is 0 Å². The van der Waals surface area contributed by atoms with Gasteiger partial charge in [-0.3, -0.25) is 14.4 Å². The number of ether oxygens (including phenoxy) is 3. The Hall–Kier alpha value is -3.41. The SMILES string of the molecule is CC/C=C/C/C=C/C/C=C/C/C=C/C/C=C/C/C=C/CCC(=O)OC[C@@H](COC(=O)CCCCCCC/C=C/CCCCCC)OC(=O)CCCCCCCCCCCCCCCC. The summed E-state index contributed by atoms with van der Waals surface area (Å²) in [4.78, 5) is 38.0. The fraction of sp³-hybridized carbons (Fsp3) is 0.707. The number of rotatable bonds is 47. The van der Waals surface area contributed by atoms with Gasteiger partial charge in [0, 0.05) is 19.3 Å². The highest BCUT2D eigenvalue weighted by Crippen LogP contribution is 2.15. The van der Waals surface area contributed by atoms with Crippen molar-refractivity contribution >= 4 is 17.9 Å². The zero-order valence-electron chi connectivity index (χ0n) is 41.8. The Kier molecular flexibility index (Phi) is 49.4. The topological polar surface area (TPSA) is 78.9 Å². The standard InChI is InChI=1S/C58H98O6/c1-4-7-10-13-16-19-22-25-27-28-29-30-31-34-36-39-42-45-48-51-57(60)63-54-55(53-62-56(59)50-47-44-41-38-35-32-24-21-18-15-12-9-6-3)64-58(61)52-49-46-43-40-37-33-26-23-20-17-14-11-8-5-2/h7,10,16,19,21,24-25,27,29-30,34,36,42,45,55H,4-6,8-9,11-15,17-18,20,22-23,26,28,31-33,35,37-41,43-44,46-54H2,1-3H3/b10-7+,19-16+,24-21+,27-25+,30-29+,36-34+,45-42+/t55-/m1/s1. The van der Waals surface area contributed by atoms with E-state index in [1.807, 2.05) is 6.08 Å². The molecule has 0 N–H and O–H groups in total. The maximum atomic E-state index is 12.8. The molecule has 0 unspecified atom stereocenters. The van der Waals surface area contributed by atoms with Gasteiger partial charge >= 0.3 is 17.9 Å². The lowest BCUT2D eigenvalue weighted by Crippen LogP contribution is -2.30. The monoisotopic (exact) mass is 891 g/mol. The molecule has 0 amide bonds. The number of hydrogen-bond acceptors (Lipinski definition) is 6. The number of esters is 3. The van der Waals surface area contributed by atoms with E-state index >= 15 is 0 Å². The van der Waals surface area contributed by atoms with Gasteiger partial charge in [-0.2, -0.15) is 0 Å². The van der Waals surface area contributed by atoms with Gasteiger partial charge < -0.3 is 14.2 Å². The van der Waals surface area contributed by atoms with E-state index in [1.165, 1.54) is 109 Å². The van der Waals surface area contributed by atoms with Gasteiger partial charge in [0.25, 0.3) is 0 Å². The van der Waals surface area contributed by atoms with Crippen molar-refractivity contribution in [2.45, 2.75) is 252 Å². The molecule has 0 heterocycles. The predicted octanol–water partition coefficient (Wildman–Crippen LogP) is 17.6. The first kappa shape index (κ1) is 60.6. The van der Waals surface area contributed by atoms with E-state index in [9.17, 15) is 14.4 Å². The van der Waals surface area contributed by atoms with Crippen LogP contribution in [0.4, 0.5) is 0 Å². The Bertz CT molecular complexity index is 1250. The third-order valence-electron chi connectivity index (χ3n) is 11.1. The number of carbonyl (C=O) groups excluding carboxylic acids is 3. The molecule has 0 aromatic rings. The van der Waals surface area contributed by atoms with E-state index in [0.29, 0.717) is 19.3 Å². The van der Waals surface area contributed by atoms with Crippen LogP contribution in [-0.4, -0.2) is 37.2 Å². The quantitative estimate of drug-likeness (QED) is 0.0262. The normalized spacial score (nSPS) is 12.7. The van der Waals surface area contributed by atoms with Crippen LogP contribution in [0.3, 0.4) is 0 Å². The molecule has 0 fully saturated rings. The van der Waals surface area contributed by atoms with Crippen LogP contribution in [0, 0.1) is 0 Å². The second-order valence-corrected chi connectivity index (χ2v) is 17.4. The van der Waals surface area contributed by atoms with Crippen molar-refractivity contribution in [2.75, 3.05) is 13.2 Å². The first-order chi connectivity index (χ1) is 31.5. The summed E-state index contributed by atoms with van der Waals surface area (Å²) in [5.41, 5.74) is 0. The number of carbonyl (C=O) groups is 3. The van der Waals surface area contributed by atoms with Gasteiger partial charge in [0.1, 0.15) is 13.2 Å². The fourth-order valence-corrected chi connectivity index (χ4v) is 7.17. The maximum Gasteiger partial charge on any atom is 0.306 e. The van der Waals surface area contributed by atoms with Gasteiger partial charge in [-0.15, -0.1) is 0 Å². The van der Waals surface area contributed by atoms with E-state index < -0.39 is 6.10 Å². The Morgan fingerprint density at radius 1 is 0.328 bits per heavy atom. The second-order valence-electron chi connectivity index (χ2n) is 17.4. The van der Waals surface area contributed by atoms with Crippen LogP contribution < -0.4 is 0 Å². The average Bonchev–Trinajstić information content (AvgIpc) is 3.29. The zero-order valence-corrected chi connectivity index (χ0v) is 41.8. The highest BCUT2D eigenvalue weighted by molar-refractivity contribution is 5.71. The summed E-state index contributed by atoms with van der Waals surface area (Å²) in [5, 5.41) is 0. The average molecular weight is 891 g/mol. The van der Waals surface area contributed by atoms with E-state index in [0.717, 1.165) is 89.9 Å². The van der Waals surface area contributed by atoms with Gasteiger partial charge in [-0.1, -0.05) is 228 Å². The summed E-state index contributed by atoms with van der Waals surface area (Å²) in [6.45, 7) is 6.44. The summed E-state index contributed by atoms with van der Waals surface area (Å²) in [5.74, 6) is -0.996. The van der Waals surface area contributed by atoms with Crippen molar-refractivity contribution < 1.29 is 28.6 Å². The Balaban J connectivity index is 4.49. The van der Waals surface area contributed by atoms with Crippen LogP contribution in [0.2, 0.25) is 0 Å². The molecule has 6 nitrogen and oxygen atoms in total. The van der Waals surface area contributed by atoms with E-state index in [2.05, 4.69) is 99.8 Å². The van der Waals surface area contributed by atoms with Gasteiger partial charge in [-0.25, -0.2) is 0 Å². The third-order valence-corrected chi connectivity index (χ3v) is 11.1. The van der Waals surface area contributed by atoms with Crippen LogP contribution in [0.1, 0.15) is 245 Å². The molecular formula is C58H98O6. The van der Waals surface area contributed by atoms with E-state index in [-0.39, 0.29) is 37.5 Å². The van der Waals surface area contributed by atoms with E-state index in [4.69, 9.17) is 14.2 Å². The first-order valence-corrected chi connectivity index (χ1v) is 26.6. The molecule has 64 heavy (non-hydrogen) atoms. The minimum absolute atomic E-state index is 0.103. The maximum absolute atomic E-state index is 12.8. The molecule has 0 aliphatic heterocycles. The summed E-state index contributed by atoms with van der Waals surface area (Å²) in [7, 11) is 0. The molecule has 1 atom stereocenters. The van der Waals surface area contributed by atoms with Crippen molar-refractivity contribution in [1.82, 2.24) is 0 Å². The van der Waals surface area contributed by atoms with Crippen molar-refractivity contribution in [3.05, 3.63) is 85.1 Å². The van der Waals surface area contributed by atoms with Gasteiger partial charge in [0.15, 0.2) is 6.10 Å². The molecule has 0 saturated carbocycles. The smallest absolute Gasteiger partial charge is 0.306 e. The fourth-order valence-electron chi connectivity index (χ4n) is 7.17. The number of hydrogen-bond donors (Lipinski definition) is 0. The lowest BCUT2D eigenvalue weighted by molar-refractivity contribution is -0.166. The summed E-state index contributed by atoms with van der Waals surface area (Å²) < 4.78 is 16.7. The molecule has 0 radical (unpaired) electrons. The molecular weight excluding hydrogens is 793 g/mol. The highest BCUT2D eigenvalue weighted by Gasteiger charge is 2.19. The Labute approximate surface area is 395 Å². The van der Waals surface area contributed by atoms with Crippen molar-refractivity contribution in [3.8, 4) is 0 Å². The third kappa shape index (κ3) is 49.6. The lowest BCUT2D eigenvalue weighted by Gasteiger charge is -2.18. The molecule has 0 bridgehead atoms. The second kappa shape index (κ2) is 52.2. The van der Waals surface area contributed by atoms with Gasteiger partial charge in [-0.05, 0) is 83.5 Å². The van der Waals surface area contributed by atoms with Crippen LogP contribution in [0.25, 0.3) is 0 Å². The molecule has 0 spiro atoms. The lowest BCUT2D eigenvalue weighted by atomic mass is 10.0. The first-order valence-electron chi connectivity index (χ1n) is 26.6. The Morgan fingerprint density at radius 2 is 0.641 bits per heavy atom. The number of allylic oxidation sites excluding steroid dienone is 14. The van der Waals surface area contributed by atoms with Crippen LogP contribution in [0.15, 0.2) is 85.1 Å². The molecule has 0 aliphatic rings. The summed E-state index contributed by atoms with van der Waals surface area (Å²) in [6, 6.07) is 0. The van der Waals surface area contributed by atoms with Crippen molar-refractivity contribution in [1.29, 1.82) is 0 Å². The van der Waals surface area contributed by atoms with Crippen molar-refractivity contribution in [2.24, 2.45) is 0 Å². The van der Waals surface area contributed by atoms with Gasteiger partial charge in [0.2, 0.25) is 0 Å². The molecule has 366 valence electrons. The number of unbranched alkanes of at least 4 members (excludes halogenated alkanes) is 22. The van der Waals surface area contributed by atoms with E-state index in [1.54, 1.807) is 0 Å². The summed E-state index contributed by atoms with van der Waals surface area (Å²) in [6.07, 6.45) is 67.2. The zero-order chi connectivity index (χ0) is 46.5. The van der Waals surface area contributed by atoms with Crippen LogP contribution in [0.5, 0.6) is 0 Å². The van der Waals surface area contributed by atoms with Crippen LogP contribution in [-0.2, 0) is 28.6 Å². The predicted molar refractivity (Wildman–Crippen MR) is 274 cm³/mol. The Morgan fingerprint density at radius 3 is 1.06 bits per heavy atom. The summed E-state index contributed by atoms with van der Waals surface area (Å²) >= 11 is 0. The molecule has 0 aromatic heterocycles. The molecule has 0 aromatic carbocycles. The molecule has 0 aliphatic carbocycles. The molecule has 0 rings (SSSR count). The minimum Gasteiger partial charge on any atom is -0.462 e. The van der Waals surface area contributed by atoms with Crippen LogP contribution >= 0.6 is 0 Å². The highest BCUT2D eigenvalue weighted by atomic mass is 16.6.